The average molecular weight is 139 g/mol. The van der Waals surface area contributed by atoms with Crippen LogP contribution in [0.3, 0.4) is 0 Å². The SMILES string of the molecule is CC#CCN1CC(CO)C1. The molecule has 1 saturated heterocycles. The maximum Gasteiger partial charge on any atom is 0.0601 e. The zero-order valence-corrected chi connectivity index (χ0v) is 6.30. The summed E-state index contributed by atoms with van der Waals surface area (Å²) in [5.41, 5.74) is 0. The zero-order chi connectivity index (χ0) is 7.40. The Morgan fingerprint density at radius 3 is 2.80 bits per heavy atom. The third-order valence-corrected chi connectivity index (χ3v) is 1.77. The molecule has 2 nitrogen and oxygen atoms in total. The highest BCUT2D eigenvalue weighted by molar-refractivity contribution is 4.99. The lowest BCUT2D eigenvalue weighted by molar-refractivity contribution is 0.0654. The summed E-state index contributed by atoms with van der Waals surface area (Å²) in [5, 5.41) is 8.67. The smallest absolute Gasteiger partial charge is 0.0601 e. The Hall–Kier alpha value is -0.520. The second kappa shape index (κ2) is 3.60. The lowest BCUT2D eigenvalue weighted by atomic mass is 10.0. The Balaban J connectivity index is 2.07. The van der Waals surface area contributed by atoms with E-state index in [0.29, 0.717) is 12.5 Å². The molecule has 0 unspecified atom stereocenters. The minimum Gasteiger partial charge on any atom is -0.396 e. The van der Waals surface area contributed by atoms with E-state index in [0.717, 1.165) is 19.6 Å². The lowest BCUT2D eigenvalue weighted by Crippen LogP contribution is -2.48. The van der Waals surface area contributed by atoms with Crippen LogP contribution in [0.15, 0.2) is 0 Å². The van der Waals surface area contributed by atoms with Crippen LogP contribution < -0.4 is 0 Å². The molecule has 0 saturated carbocycles. The van der Waals surface area contributed by atoms with Gasteiger partial charge in [0, 0.05) is 25.6 Å². The van der Waals surface area contributed by atoms with Crippen molar-refractivity contribution in [2.75, 3.05) is 26.2 Å². The summed E-state index contributed by atoms with van der Waals surface area (Å²) in [7, 11) is 0. The van der Waals surface area contributed by atoms with Crippen molar-refractivity contribution in [3.8, 4) is 11.8 Å². The van der Waals surface area contributed by atoms with Gasteiger partial charge in [0.25, 0.3) is 0 Å². The Morgan fingerprint density at radius 2 is 2.30 bits per heavy atom. The molecule has 0 spiro atoms. The fourth-order valence-electron chi connectivity index (χ4n) is 1.11. The molecule has 0 atom stereocenters. The fraction of sp³-hybridized carbons (Fsp3) is 0.750. The van der Waals surface area contributed by atoms with Gasteiger partial charge in [-0.2, -0.15) is 0 Å². The predicted molar refractivity (Wildman–Crippen MR) is 40.5 cm³/mol. The number of aliphatic hydroxyl groups excluding tert-OH is 1. The number of likely N-dealkylation sites (tertiary alicyclic amines) is 1. The Morgan fingerprint density at radius 1 is 1.60 bits per heavy atom. The van der Waals surface area contributed by atoms with E-state index in [1.807, 2.05) is 6.92 Å². The van der Waals surface area contributed by atoms with Gasteiger partial charge in [-0.1, -0.05) is 5.92 Å². The quantitative estimate of drug-likeness (QED) is 0.541. The van der Waals surface area contributed by atoms with E-state index < -0.39 is 0 Å². The summed E-state index contributed by atoms with van der Waals surface area (Å²) in [6.07, 6.45) is 0. The van der Waals surface area contributed by atoms with Gasteiger partial charge < -0.3 is 5.11 Å². The van der Waals surface area contributed by atoms with Crippen molar-refractivity contribution in [2.24, 2.45) is 5.92 Å². The van der Waals surface area contributed by atoms with E-state index in [4.69, 9.17) is 5.11 Å². The van der Waals surface area contributed by atoms with E-state index in [9.17, 15) is 0 Å². The van der Waals surface area contributed by atoms with Gasteiger partial charge in [-0.05, 0) is 6.92 Å². The maximum absolute atomic E-state index is 8.67. The summed E-state index contributed by atoms with van der Waals surface area (Å²) < 4.78 is 0. The second-order valence-electron chi connectivity index (χ2n) is 2.67. The molecule has 2 heteroatoms. The van der Waals surface area contributed by atoms with Gasteiger partial charge in [-0.3, -0.25) is 4.90 Å². The molecular weight excluding hydrogens is 126 g/mol. The monoisotopic (exact) mass is 139 g/mol. The summed E-state index contributed by atoms with van der Waals surface area (Å²) in [6.45, 7) is 5.09. The van der Waals surface area contributed by atoms with Crippen LogP contribution in [0, 0.1) is 17.8 Å². The molecule has 1 heterocycles. The number of aliphatic hydroxyl groups is 1. The van der Waals surface area contributed by atoms with E-state index in [1.54, 1.807) is 0 Å². The summed E-state index contributed by atoms with van der Waals surface area (Å²) in [6, 6.07) is 0. The molecule has 0 aromatic heterocycles. The Bertz CT molecular complexity index is 150. The van der Waals surface area contributed by atoms with Crippen molar-refractivity contribution in [1.29, 1.82) is 0 Å². The lowest BCUT2D eigenvalue weighted by Gasteiger charge is -2.36. The van der Waals surface area contributed by atoms with Crippen molar-refractivity contribution in [1.82, 2.24) is 4.90 Å². The van der Waals surface area contributed by atoms with Gasteiger partial charge in [0.2, 0.25) is 0 Å². The van der Waals surface area contributed by atoms with Crippen molar-refractivity contribution in [3.63, 3.8) is 0 Å². The number of nitrogens with zero attached hydrogens (tertiary/aromatic N) is 1. The van der Waals surface area contributed by atoms with Crippen LogP contribution in [0.5, 0.6) is 0 Å². The molecule has 1 aliphatic rings. The number of rotatable bonds is 2. The van der Waals surface area contributed by atoms with Crippen molar-refractivity contribution >= 4 is 0 Å². The Labute approximate surface area is 61.8 Å². The summed E-state index contributed by atoms with van der Waals surface area (Å²) in [5.74, 6) is 6.35. The molecule has 0 aromatic carbocycles. The van der Waals surface area contributed by atoms with E-state index in [2.05, 4.69) is 16.7 Å². The van der Waals surface area contributed by atoms with Crippen molar-refractivity contribution in [3.05, 3.63) is 0 Å². The summed E-state index contributed by atoms with van der Waals surface area (Å²) in [4.78, 5) is 2.23. The first-order valence-corrected chi connectivity index (χ1v) is 3.59. The Kier molecular flexibility index (Phi) is 2.73. The molecule has 10 heavy (non-hydrogen) atoms. The fourth-order valence-corrected chi connectivity index (χ4v) is 1.11. The van der Waals surface area contributed by atoms with Crippen LogP contribution >= 0.6 is 0 Å². The first kappa shape index (κ1) is 7.59. The minimum absolute atomic E-state index is 0.329. The number of hydrogen-bond acceptors (Lipinski definition) is 2. The predicted octanol–water partition coefficient (Wildman–Crippen LogP) is -0.0662. The largest absolute Gasteiger partial charge is 0.396 e. The molecule has 1 rings (SSSR count). The standard InChI is InChI=1S/C8H13NO/c1-2-3-4-9-5-8(6-9)7-10/h8,10H,4-7H2,1H3. The van der Waals surface area contributed by atoms with Crippen LogP contribution in [0.25, 0.3) is 0 Å². The molecule has 1 fully saturated rings. The molecule has 1 aliphatic heterocycles. The molecule has 56 valence electrons. The molecule has 0 bridgehead atoms. The summed E-state index contributed by atoms with van der Waals surface area (Å²) >= 11 is 0. The second-order valence-corrected chi connectivity index (χ2v) is 2.67. The highest BCUT2D eigenvalue weighted by Crippen LogP contribution is 2.12. The number of hydrogen-bond donors (Lipinski definition) is 1. The van der Waals surface area contributed by atoms with E-state index in [1.165, 1.54) is 0 Å². The van der Waals surface area contributed by atoms with E-state index in [-0.39, 0.29) is 0 Å². The maximum atomic E-state index is 8.67. The third-order valence-electron chi connectivity index (χ3n) is 1.77. The molecular formula is C8H13NO. The van der Waals surface area contributed by atoms with Crippen LogP contribution in [0.4, 0.5) is 0 Å². The van der Waals surface area contributed by atoms with Crippen LogP contribution in [-0.4, -0.2) is 36.2 Å². The highest BCUT2D eigenvalue weighted by atomic mass is 16.3. The first-order valence-electron chi connectivity index (χ1n) is 3.59. The zero-order valence-electron chi connectivity index (χ0n) is 6.30. The molecule has 0 amide bonds. The molecule has 0 aromatic rings. The van der Waals surface area contributed by atoms with Gasteiger partial charge in [0.05, 0.1) is 6.54 Å². The third kappa shape index (κ3) is 1.73. The van der Waals surface area contributed by atoms with Gasteiger partial charge in [0.1, 0.15) is 0 Å². The van der Waals surface area contributed by atoms with Gasteiger partial charge in [-0.25, -0.2) is 0 Å². The van der Waals surface area contributed by atoms with Crippen LogP contribution in [-0.2, 0) is 0 Å². The van der Waals surface area contributed by atoms with Crippen molar-refractivity contribution < 1.29 is 5.11 Å². The molecule has 1 N–H and O–H groups in total. The minimum atomic E-state index is 0.329. The average Bonchev–Trinajstić information content (AvgIpc) is 1.86. The normalized spacial score (nSPS) is 19.4. The molecule has 0 radical (unpaired) electrons. The van der Waals surface area contributed by atoms with Gasteiger partial charge in [-0.15, -0.1) is 5.92 Å². The van der Waals surface area contributed by atoms with E-state index >= 15 is 0 Å². The molecule has 0 aliphatic carbocycles. The van der Waals surface area contributed by atoms with Crippen LogP contribution in [0.1, 0.15) is 6.92 Å². The van der Waals surface area contributed by atoms with Crippen molar-refractivity contribution in [2.45, 2.75) is 6.92 Å². The highest BCUT2D eigenvalue weighted by Gasteiger charge is 2.24. The first-order chi connectivity index (χ1) is 4.86. The van der Waals surface area contributed by atoms with Gasteiger partial charge >= 0.3 is 0 Å². The topological polar surface area (TPSA) is 23.5 Å². The van der Waals surface area contributed by atoms with Gasteiger partial charge in [0.15, 0.2) is 0 Å². The van der Waals surface area contributed by atoms with Crippen LogP contribution in [0.2, 0.25) is 0 Å².